The number of carbonyl (C=O) groups is 1. The fraction of sp³-hybridized carbons (Fsp3) is 0.323. The van der Waals surface area contributed by atoms with E-state index in [4.69, 9.17) is 19.8 Å². The molecule has 6 nitrogen and oxygen atoms in total. The van der Waals surface area contributed by atoms with Crippen LogP contribution in [0.15, 0.2) is 72.2 Å². The van der Waals surface area contributed by atoms with Crippen molar-refractivity contribution in [3.05, 3.63) is 94.5 Å². The Labute approximate surface area is 225 Å². The Hall–Kier alpha value is -3.55. The van der Waals surface area contributed by atoms with E-state index in [1.807, 2.05) is 83.2 Å². The van der Waals surface area contributed by atoms with Crippen molar-refractivity contribution in [2.24, 2.45) is 0 Å². The molecule has 3 aromatic carbocycles. The molecular weight excluding hydrogens is 475 g/mol. The highest BCUT2D eigenvalue weighted by Gasteiger charge is 2.52. The first kappa shape index (κ1) is 26.1. The molecule has 1 fully saturated rings. The van der Waals surface area contributed by atoms with Crippen LogP contribution in [0.1, 0.15) is 55.9 Å². The molecule has 0 aromatic heterocycles. The number of alkyl carbamates (subject to hydrolysis) is 1. The summed E-state index contributed by atoms with van der Waals surface area (Å²) >= 11 is 0. The SMILES string of the molecule is Cc1ccc(C=C(CNC(=O)OCC2c3ccccc3-c3ccccc32)B2OC(C)(C)C(C)(C)O2)cc1N. The molecule has 0 unspecified atom stereocenters. The summed E-state index contributed by atoms with van der Waals surface area (Å²) in [5.74, 6) is 0.00166. The predicted octanol–water partition coefficient (Wildman–Crippen LogP) is 6.13. The van der Waals surface area contributed by atoms with E-state index in [2.05, 4.69) is 29.6 Å². The van der Waals surface area contributed by atoms with Crippen LogP contribution in [0.3, 0.4) is 0 Å². The van der Waals surface area contributed by atoms with Crippen LogP contribution in [0.4, 0.5) is 10.5 Å². The van der Waals surface area contributed by atoms with Crippen LogP contribution < -0.4 is 11.1 Å². The normalized spacial score (nSPS) is 17.7. The average molecular weight is 510 g/mol. The van der Waals surface area contributed by atoms with E-state index in [1.54, 1.807) is 0 Å². The van der Waals surface area contributed by atoms with Crippen molar-refractivity contribution in [2.75, 3.05) is 18.9 Å². The quantitative estimate of drug-likeness (QED) is 0.308. The van der Waals surface area contributed by atoms with Gasteiger partial charge in [-0.05, 0) is 79.5 Å². The predicted molar refractivity (Wildman–Crippen MR) is 153 cm³/mol. The van der Waals surface area contributed by atoms with Gasteiger partial charge in [0.1, 0.15) is 6.61 Å². The number of amides is 1. The van der Waals surface area contributed by atoms with Crippen LogP contribution in [0.2, 0.25) is 0 Å². The Kier molecular flexibility index (Phi) is 6.84. The van der Waals surface area contributed by atoms with E-state index < -0.39 is 24.4 Å². The first-order valence-corrected chi connectivity index (χ1v) is 13.1. The molecule has 1 amide bonds. The van der Waals surface area contributed by atoms with Crippen molar-refractivity contribution in [3.63, 3.8) is 0 Å². The molecule has 0 radical (unpaired) electrons. The van der Waals surface area contributed by atoms with Crippen LogP contribution in [-0.2, 0) is 14.0 Å². The second-order valence-corrected chi connectivity index (χ2v) is 11.1. The molecule has 7 heteroatoms. The molecule has 0 spiro atoms. The van der Waals surface area contributed by atoms with Crippen molar-refractivity contribution in [1.29, 1.82) is 0 Å². The number of anilines is 1. The number of aryl methyl sites for hydroxylation is 1. The maximum atomic E-state index is 12.9. The molecule has 0 atom stereocenters. The minimum Gasteiger partial charge on any atom is -0.449 e. The van der Waals surface area contributed by atoms with Gasteiger partial charge < -0.3 is 25.1 Å². The molecule has 5 rings (SSSR count). The Morgan fingerprint density at radius 1 is 0.974 bits per heavy atom. The van der Waals surface area contributed by atoms with Gasteiger partial charge in [-0.25, -0.2) is 4.79 Å². The van der Waals surface area contributed by atoms with E-state index in [1.165, 1.54) is 22.3 Å². The highest BCUT2D eigenvalue weighted by atomic mass is 16.7. The molecule has 3 aromatic rings. The van der Waals surface area contributed by atoms with E-state index in [9.17, 15) is 4.79 Å². The topological polar surface area (TPSA) is 82.8 Å². The summed E-state index contributed by atoms with van der Waals surface area (Å²) in [5, 5.41) is 2.91. The van der Waals surface area contributed by atoms with Crippen LogP contribution in [0, 0.1) is 6.92 Å². The standard InChI is InChI=1S/C31H35BN2O4/c1-20-14-15-21(17-28(20)33)16-22(32-37-30(2,3)31(4,5)38-32)18-34-29(35)36-19-27-25-12-8-6-10-23(25)24-11-7-9-13-26(24)27/h6-17,27H,18-19,33H2,1-5H3,(H,34,35). The van der Waals surface area contributed by atoms with Crippen molar-refractivity contribution < 1.29 is 18.8 Å². The van der Waals surface area contributed by atoms with Crippen LogP contribution in [0.5, 0.6) is 0 Å². The van der Waals surface area contributed by atoms with Crippen molar-refractivity contribution in [2.45, 2.75) is 51.7 Å². The molecule has 1 saturated heterocycles. The van der Waals surface area contributed by atoms with Gasteiger partial charge in [0.25, 0.3) is 0 Å². The number of nitrogens with one attached hydrogen (secondary N) is 1. The van der Waals surface area contributed by atoms with Crippen molar-refractivity contribution in [1.82, 2.24) is 5.32 Å². The number of nitrogen functional groups attached to an aromatic ring is 1. The number of rotatable bonds is 6. The molecule has 196 valence electrons. The Morgan fingerprint density at radius 3 is 2.13 bits per heavy atom. The van der Waals surface area contributed by atoms with Gasteiger partial charge >= 0.3 is 13.2 Å². The smallest absolute Gasteiger partial charge is 0.449 e. The third kappa shape index (κ3) is 4.96. The molecule has 1 aliphatic heterocycles. The summed E-state index contributed by atoms with van der Waals surface area (Å²) in [5.41, 5.74) is 13.3. The molecule has 0 saturated carbocycles. The third-order valence-corrected chi connectivity index (χ3v) is 7.99. The van der Waals surface area contributed by atoms with Gasteiger partial charge in [-0.1, -0.05) is 66.7 Å². The zero-order valence-electron chi connectivity index (χ0n) is 22.7. The van der Waals surface area contributed by atoms with Gasteiger partial charge in [0.05, 0.1) is 11.2 Å². The highest BCUT2D eigenvalue weighted by molar-refractivity contribution is 6.56. The van der Waals surface area contributed by atoms with Crippen molar-refractivity contribution >= 4 is 25.0 Å². The van der Waals surface area contributed by atoms with Gasteiger partial charge in [-0.2, -0.15) is 0 Å². The molecular formula is C31H35BN2O4. The molecule has 1 heterocycles. The number of hydrogen-bond acceptors (Lipinski definition) is 5. The Morgan fingerprint density at radius 2 is 1.55 bits per heavy atom. The lowest BCUT2D eigenvalue weighted by Gasteiger charge is -2.32. The number of carbonyl (C=O) groups excluding carboxylic acids is 1. The number of nitrogens with two attached hydrogens (primary N) is 1. The van der Waals surface area contributed by atoms with Crippen LogP contribution in [-0.4, -0.2) is 37.6 Å². The summed E-state index contributed by atoms with van der Waals surface area (Å²) in [7, 11) is -0.614. The lowest BCUT2D eigenvalue weighted by molar-refractivity contribution is 0.00578. The molecule has 0 bridgehead atoms. The van der Waals surface area contributed by atoms with E-state index in [0.29, 0.717) is 5.69 Å². The monoisotopic (exact) mass is 510 g/mol. The molecule has 1 aliphatic carbocycles. The zero-order valence-corrected chi connectivity index (χ0v) is 22.7. The van der Waals surface area contributed by atoms with E-state index in [-0.39, 0.29) is 19.1 Å². The average Bonchev–Trinajstić information content (AvgIpc) is 3.31. The first-order valence-electron chi connectivity index (χ1n) is 13.1. The molecule has 2 aliphatic rings. The van der Waals surface area contributed by atoms with E-state index >= 15 is 0 Å². The molecule has 3 N–H and O–H groups in total. The highest BCUT2D eigenvalue weighted by Crippen LogP contribution is 2.44. The number of fused-ring (bicyclic) bond motifs is 3. The van der Waals surface area contributed by atoms with Gasteiger partial charge in [0.15, 0.2) is 0 Å². The molecule has 38 heavy (non-hydrogen) atoms. The third-order valence-electron chi connectivity index (χ3n) is 7.99. The summed E-state index contributed by atoms with van der Waals surface area (Å²) in [6.45, 7) is 10.5. The van der Waals surface area contributed by atoms with Gasteiger partial charge in [-0.15, -0.1) is 0 Å². The second kappa shape index (κ2) is 9.97. The minimum absolute atomic E-state index is 0.00166. The largest absolute Gasteiger partial charge is 0.492 e. The van der Waals surface area contributed by atoms with Crippen LogP contribution in [0.25, 0.3) is 17.2 Å². The number of hydrogen-bond donors (Lipinski definition) is 2. The first-order chi connectivity index (χ1) is 18.1. The summed E-state index contributed by atoms with van der Waals surface area (Å²) in [6.07, 6.45) is 1.47. The maximum Gasteiger partial charge on any atom is 0.492 e. The minimum atomic E-state index is -0.614. The number of benzene rings is 3. The fourth-order valence-corrected chi connectivity index (χ4v) is 4.98. The zero-order chi connectivity index (χ0) is 27.1. The Bertz CT molecular complexity index is 1340. The summed E-state index contributed by atoms with van der Waals surface area (Å²) in [6, 6.07) is 22.4. The van der Waals surface area contributed by atoms with Gasteiger partial charge in [-0.3, -0.25) is 0 Å². The lowest BCUT2D eigenvalue weighted by atomic mass is 9.77. The maximum absolute atomic E-state index is 12.9. The fourth-order valence-electron chi connectivity index (χ4n) is 4.98. The van der Waals surface area contributed by atoms with E-state index in [0.717, 1.165) is 16.6 Å². The summed E-state index contributed by atoms with van der Waals surface area (Å²) in [4.78, 5) is 12.9. The Balaban J connectivity index is 1.30. The van der Waals surface area contributed by atoms with Gasteiger partial charge in [0.2, 0.25) is 0 Å². The second-order valence-electron chi connectivity index (χ2n) is 11.1. The number of ether oxygens (including phenoxy) is 1. The van der Waals surface area contributed by atoms with Gasteiger partial charge in [0, 0.05) is 18.2 Å². The lowest BCUT2D eigenvalue weighted by Crippen LogP contribution is -2.41. The van der Waals surface area contributed by atoms with Crippen molar-refractivity contribution in [3.8, 4) is 11.1 Å². The van der Waals surface area contributed by atoms with Crippen LogP contribution >= 0.6 is 0 Å². The summed E-state index contributed by atoms with van der Waals surface area (Å²) < 4.78 is 18.3.